The van der Waals surface area contributed by atoms with E-state index in [2.05, 4.69) is 9.97 Å². The van der Waals surface area contributed by atoms with Crippen molar-refractivity contribution in [3.63, 3.8) is 0 Å². The summed E-state index contributed by atoms with van der Waals surface area (Å²) in [4.78, 5) is 18.9. The van der Waals surface area contributed by atoms with Gasteiger partial charge in [0, 0.05) is 5.56 Å². The van der Waals surface area contributed by atoms with Gasteiger partial charge in [0.1, 0.15) is 11.6 Å². The third kappa shape index (κ3) is 1.78. The third-order valence-electron chi connectivity index (χ3n) is 2.73. The summed E-state index contributed by atoms with van der Waals surface area (Å²) in [6, 6.07) is 13.0. The molecule has 0 spiro atoms. The average Bonchev–Trinajstić information content (AvgIpc) is 2.39. The highest BCUT2D eigenvalue weighted by molar-refractivity contribution is 5.79. The second-order valence-corrected chi connectivity index (χ2v) is 3.94. The van der Waals surface area contributed by atoms with Gasteiger partial charge in [-0.3, -0.25) is 4.79 Å². The lowest BCUT2D eigenvalue weighted by atomic mass is 10.2. The molecule has 3 nitrogen and oxygen atoms in total. The van der Waals surface area contributed by atoms with Crippen molar-refractivity contribution >= 4 is 10.9 Å². The number of nitrogens with zero attached hydrogens (tertiary/aromatic N) is 1. The number of aromatic amines is 1. The Morgan fingerprint density at radius 2 is 1.72 bits per heavy atom. The first-order valence-electron chi connectivity index (χ1n) is 5.49. The van der Waals surface area contributed by atoms with E-state index in [0.29, 0.717) is 22.3 Å². The summed E-state index contributed by atoms with van der Waals surface area (Å²) in [6.45, 7) is 0. The number of fused-ring (bicyclic) bond motifs is 1. The Bertz CT molecular complexity index is 763. The molecule has 2 aromatic carbocycles. The van der Waals surface area contributed by atoms with Gasteiger partial charge in [-0.2, -0.15) is 0 Å². The maximum Gasteiger partial charge on any atom is 0.259 e. The van der Waals surface area contributed by atoms with Crippen LogP contribution in [0.15, 0.2) is 53.3 Å². The van der Waals surface area contributed by atoms with Crippen molar-refractivity contribution in [1.29, 1.82) is 0 Å². The highest BCUT2D eigenvalue weighted by Gasteiger charge is 2.05. The largest absolute Gasteiger partial charge is 0.306 e. The Kier molecular flexibility index (Phi) is 2.41. The molecule has 0 aliphatic carbocycles. The van der Waals surface area contributed by atoms with Crippen molar-refractivity contribution < 1.29 is 4.39 Å². The number of H-pyrrole nitrogens is 1. The number of halogens is 1. The molecule has 1 heterocycles. The average molecular weight is 240 g/mol. The lowest BCUT2D eigenvalue weighted by Crippen LogP contribution is -2.09. The van der Waals surface area contributed by atoms with Gasteiger partial charge >= 0.3 is 0 Å². The van der Waals surface area contributed by atoms with Gasteiger partial charge < -0.3 is 4.98 Å². The lowest BCUT2D eigenvalue weighted by Gasteiger charge is -2.02. The fraction of sp³-hybridized carbons (Fsp3) is 0. The number of hydrogen-bond donors (Lipinski definition) is 1. The number of benzene rings is 2. The van der Waals surface area contributed by atoms with Gasteiger partial charge in [0.15, 0.2) is 0 Å². The normalized spacial score (nSPS) is 10.7. The first-order valence-corrected chi connectivity index (χ1v) is 5.49. The Morgan fingerprint density at radius 3 is 2.50 bits per heavy atom. The van der Waals surface area contributed by atoms with Crippen LogP contribution in [0.25, 0.3) is 22.3 Å². The van der Waals surface area contributed by atoms with Crippen molar-refractivity contribution in [3.05, 3.63) is 64.7 Å². The highest BCUT2D eigenvalue weighted by atomic mass is 19.1. The van der Waals surface area contributed by atoms with Crippen molar-refractivity contribution in [2.45, 2.75) is 0 Å². The molecular formula is C14H9FN2O. The van der Waals surface area contributed by atoms with E-state index < -0.39 is 0 Å². The molecule has 3 aromatic rings. The summed E-state index contributed by atoms with van der Waals surface area (Å²) in [7, 11) is 0. The van der Waals surface area contributed by atoms with Crippen LogP contribution in [0.3, 0.4) is 0 Å². The number of hydrogen-bond acceptors (Lipinski definition) is 2. The van der Waals surface area contributed by atoms with Crippen LogP contribution in [-0.4, -0.2) is 9.97 Å². The van der Waals surface area contributed by atoms with E-state index in [9.17, 15) is 9.18 Å². The van der Waals surface area contributed by atoms with Gasteiger partial charge in [-0.15, -0.1) is 0 Å². The fourth-order valence-electron chi connectivity index (χ4n) is 1.83. The molecule has 3 rings (SSSR count). The highest BCUT2D eigenvalue weighted by Crippen LogP contribution is 2.16. The Labute approximate surface area is 102 Å². The fourth-order valence-corrected chi connectivity index (χ4v) is 1.83. The topological polar surface area (TPSA) is 45.8 Å². The van der Waals surface area contributed by atoms with Crippen LogP contribution in [0.2, 0.25) is 0 Å². The van der Waals surface area contributed by atoms with E-state index in [0.717, 1.165) is 0 Å². The maximum absolute atomic E-state index is 12.8. The standard InChI is InChI=1S/C14H9FN2O/c15-10-7-5-9(6-8-10)13-16-12-4-2-1-3-11(12)14(18)17-13/h1-8H,(H,16,17,18). The van der Waals surface area contributed by atoms with E-state index >= 15 is 0 Å². The van der Waals surface area contributed by atoms with E-state index in [4.69, 9.17) is 0 Å². The Hall–Kier alpha value is -2.49. The lowest BCUT2D eigenvalue weighted by molar-refractivity contribution is 0.628. The smallest absolute Gasteiger partial charge is 0.259 e. The summed E-state index contributed by atoms with van der Waals surface area (Å²) in [6.07, 6.45) is 0. The first kappa shape index (κ1) is 10.7. The summed E-state index contributed by atoms with van der Waals surface area (Å²) in [5.74, 6) is 0.126. The molecule has 0 aliphatic rings. The molecule has 0 saturated carbocycles. The van der Waals surface area contributed by atoms with Crippen LogP contribution in [-0.2, 0) is 0 Å². The van der Waals surface area contributed by atoms with E-state index in [1.807, 2.05) is 6.07 Å². The molecule has 4 heteroatoms. The number of nitrogens with one attached hydrogen (secondary N) is 1. The van der Waals surface area contributed by atoms with E-state index in [1.54, 1.807) is 30.3 Å². The van der Waals surface area contributed by atoms with Crippen LogP contribution in [0.5, 0.6) is 0 Å². The number of aromatic nitrogens is 2. The first-order chi connectivity index (χ1) is 8.74. The monoisotopic (exact) mass is 240 g/mol. The number of rotatable bonds is 1. The number of para-hydroxylation sites is 1. The molecule has 0 bridgehead atoms. The van der Waals surface area contributed by atoms with Crippen molar-refractivity contribution in [3.8, 4) is 11.4 Å². The summed E-state index contributed by atoms with van der Waals surface area (Å²) in [5.41, 5.74) is 1.11. The van der Waals surface area contributed by atoms with Crippen LogP contribution in [0.1, 0.15) is 0 Å². The molecule has 88 valence electrons. The summed E-state index contributed by atoms with van der Waals surface area (Å²) < 4.78 is 12.8. The molecule has 0 atom stereocenters. The van der Waals surface area contributed by atoms with Crippen molar-refractivity contribution in [1.82, 2.24) is 9.97 Å². The van der Waals surface area contributed by atoms with Gasteiger partial charge in [0.25, 0.3) is 5.56 Å². The second kappa shape index (κ2) is 4.07. The minimum absolute atomic E-state index is 0.195. The van der Waals surface area contributed by atoms with Crippen LogP contribution >= 0.6 is 0 Å². The molecule has 0 amide bonds. The summed E-state index contributed by atoms with van der Waals surface area (Å²) in [5, 5.41) is 0.545. The molecule has 0 unspecified atom stereocenters. The molecule has 0 saturated heterocycles. The molecule has 0 radical (unpaired) electrons. The predicted molar refractivity (Wildman–Crippen MR) is 67.8 cm³/mol. The van der Waals surface area contributed by atoms with Crippen molar-refractivity contribution in [2.24, 2.45) is 0 Å². The Balaban J connectivity index is 2.24. The van der Waals surface area contributed by atoms with E-state index in [1.165, 1.54) is 12.1 Å². The van der Waals surface area contributed by atoms with Crippen LogP contribution in [0.4, 0.5) is 4.39 Å². The van der Waals surface area contributed by atoms with E-state index in [-0.39, 0.29) is 11.4 Å². The molecule has 0 fully saturated rings. The third-order valence-corrected chi connectivity index (χ3v) is 2.73. The SMILES string of the molecule is O=c1[nH]c(-c2ccc(F)cc2)nc2ccccc12. The van der Waals surface area contributed by atoms with Gasteiger partial charge in [0.05, 0.1) is 10.9 Å². The van der Waals surface area contributed by atoms with Gasteiger partial charge in [-0.05, 0) is 36.4 Å². The van der Waals surface area contributed by atoms with Crippen molar-refractivity contribution in [2.75, 3.05) is 0 Å². The quantitative estimate of drug-likeness (QED) is 0.710. The Morgan fingerprint density at radius 1 is 1.00 bits per heavy atom. The van der Waals surface area contributed by atoms with Gasteiger partial charge in [0.2, 0.25) is 0 Å². The van der Waals surface area contributed by atoms with Crippen LogP contribution < -0.4 is 5.56 Å². The van der Waals surface area contributed by atoms with Gasteiger partial charge in [-0.25, -0.2) is 9.37 Å². The van der Waals surface area contributed by atoms with Crippen LogP contribution in [0, 0.1) is 5.82 Å². The second-order valence-electron chi connectivity index (χ2n) is 3.94. The minimum Gasteiger partial charge on any atom is -0.306 e. The zero-order valence-corrected chi connectivity index (χ0v) is 9.35. The zero-order valence-electron chi connectivity index (χ0n) is 9.35. The molecule has 18 heavy (non-hydrogen) atoms. The predicted octanol–water partition coefficient (Wildman–Crippen LogP) is 2.73. The zero-order chi connectivity index (χ0) is 12.5. The molecule has 1 aromatic heterocycles. The molecule has 1 N–H and O–H groups in total. The minimum atomic E-state index is -0.318. The molecular weight excluding hydrogens is 231 g/mol. The molecule has 0 aliphatic heterocycles. The maximum atomic E-state index is 12.8. The van der Waals surface area contributed by atoms with Gasteiger partial charge in [-0.1, -0.05) is 12.1 Å². The summed E-state index contributed by atoms with van der Waals surface area (Å²) >= 11 is 0.